The average Bonchev–Trinajstić information content (AvgIpc) is 2.48. The van der Waals surface area contributed by atoms with Crippen molar-refractivity contribution in [3.8, 4) is 0 Å². The van der Waals surface area contributed by atoms with Crippen LogP contribution in [-0.4, -0.2) is 53.1 Å². The molecule has 1 aromatic heterocycles. The molecule has 0 radical (unpaired) electrons. The van der Waals surface area contributed by atoms with Gasteiger partial charge in [-0.3, -0.25) is 4.98 Å². The van der Waals surface area contributed by atoms with Gasteiger partial charge >= 0.3 is 6.03 Å². The molecule has 1 unspecified atom stereocenters. The Morgan fingerprint density at radius 3 is 2.68 bits per heavy atom. The first-order valence-electron chi connectivity index (χ1n) is 6.77. The summed E-state index contributed by atoms with van der Waals surface area (Å²) in [6, 6.07) is 0.263. The van der Waals surface area contributed by atoms with Crippen LogP contribution in [0, 0.1) is 0 Å². The summed E-state index contributed by atoms with van der Waals surface area (Å²) in [6.45, 7) is 7.13. The molecular weight excluding hydrogens is 242 g/mol. The molecule has 104 valence electrons. The van der Waals surface area contributed by atoms with Crippen molar-refractivity contribution in [3.63, 3.8) is 0 Å². The standard InChI is InChI=1S/C13H21N5O/c1-3-11(2)16-13(19)18-8-6-17(7-9-18)12-10-14-4-5-15-12/h4-5,10-11H,3,6-9H2,1-2H3,(H,16,19). The lowest BCUT2D eigenvalue weighted by Crippen LogP contribution is -2.53. The summed E-state index contributed by atoms with van der Waals surface area (Å²) in [7, 11) is 0. The molecule has 1 aliphatic heterocycles. The van der Waals surface area contributed by atoms with Gasteiger partial charge in [-0.15, -0.1) is 0 Å². The lowest BCUT2D eigenvalue weighted by Gasteiger charge is -2.35. The van der Waals surface area contributed by atoms with Crippen LogP contribution in [0.15, 0.2) is 18.6 Å². The minimum absolute atomic E-state index is 0.0353. The predicted molar refractivity (Wildman–Crippen MR) is 74.1 cm³/mol. The predicted octanol–water partition coefficient (Wildman–Crippen LogP) is 1.11. The van der Waals surface area contributed by atoms with Crippen LogP contribution < -0.4 is 10.2 Å². The summed E-state index contributed by atoms with van der Waals surface area (Å²) in [5.74, 6) is 0.879. The summed E-state index contributed by atoms with van der Waals surface area (Å²) in [5, 5.41) is 2.99. The maximum Gasteiger partial charge on any atom is 0.317 e. The highest BCUT2D eigenvalue weighted by Gasteiger charge is 2.22. The molecule has 2 rings (SSSR count). The number of hydrogen-bond donors (Lipinski definition) is 1. The molecule has 1 N–H and O–H groups in total. The van der Waals surface area contributed by atoms with Crippen LogP contribution in [0.4, 0.5) is 10.6 Å². The quantitative estimate of drug-likeness (QED) is 0.887. The number of hydrogen-bond acceptors (Lipinski definition) is 4. The van der Waals surface area contributed by atoms with E-state index in [4.69, 9.17) is 0 Å². The largest absolute Gasteiger partial charge is 0.352 e. The lowest BCUT2D eigenvalue weighted by atomic mass is 10.2. The van der Waals surface area contributed by atoms with Gasteiger partial charge in [0.2, 0.25) is 0 Å². The van der Waals surface area contributed by atoms with E-state index < -0.39 is 0 Å². The third-order valence-electron chi connectivity index (χ3n) is 3.42. The molecule has 6 nitrogen and oxygen atoms in total. The Kier molecular flexibility index (Phi) is 4.54. The zero-order valence-corrected chi connectivity index (χ0v) is 11.5. The van der Waals surface area contributed by atoms with Gasteiger partial charge in [0.1, 0.15) is 5.82 Å². The fraction of sp³-hybridized carbons (Fsp3) is 0.615. The van der Waals surface area contributed by atoms with E-state index in [0.717, 1.165) is 38.4 Å². The SMILES string of the molecule is CCC(C)NC(=O)N1CCN(c2cnccn2)CC1. The molecule has 1 atom stereocenters. The second kappa shape index (κ2) is 6.36. The fourth-order valence-corrected chi connectivity index (χ4v) is 2.00. The monoisotopic (exact) mass is 263 g/mol. The molecule has 1 fully saturated rings. The first kappa shape index (κ1) is 13.6. The van der Waals surface area contributed by atoms with Crippen molar-refractivity contribution in [3.05, 3.63) is 18.6 Å². The zero-order valence-electron chi connectivity index (χ0n) is 11.5. The second-order valence-corrected chi connectivity index (χ2v) is 4.80. The topological polar surface area (TPSA) is 61.4 Å². The third kappa shape index (κ3) is 3.56. The summed E-state index contributed by atoms with van der Waals surface area (Å²) >= 11 is 0. The summed E-state index contributed by atoms with van der Waals surface area (Å²) in [5.41, 5.74) is 0. The van der Waals surface area contributed by atoms with Gasteiger partial charge in [0.05, 0.1) is 6.20 Å². The van der Waals surface area contributed by atoms with E-state index in [1.165, 1.54) is 0 Å². The third-order valence-corrected chi connectivity index (χ3v) is 3.42. The summed E-state index contributed by atoms with van der Waals surface area (Å²) < 4.78 is 0. The van der Waals surface area contributed by atoms with E-state index in [9.17, 15) is 4.79 Å². The number of urea groups is 1. The second-order valence-electron chi connectivity index (χ2n) is 4.80. The van der Waals surface area contributed by atoms with E-state index in [2.05, 4.69) is 27.1 Å². The van der Waals surface area contributed by atoms with Crippen molar-refractivity contribution in [2.75, 3.05) is 31.1 Å². The summed E-state index contributed by atoms with van der Waals surface area (Å²) in [6.07, 6.45) is 6.07. The molecule has 1 aromatic rings. The molecule has 0 aliphatic carbocycles. The Balaban J connectivity index is 1.84. The van der Waals surface area contributed by atoms with Gasteiger partial charge in [-0.05, 0) is 13.3 Å². The number of piperazine rings is 1. The smallest absolute Gasteiger partial charge is 0.317 e. The van der Waals surface area contributed by atoms with Crippen molar-refractivity contribution >= 4 is 11.8 Å². The normalized spacial score (nSPS) is 17.2. The number of amides is 2. The minimum atomic E-state index is 0.0353. The molecule has 0 spiro atoms. The van der Waals surface area contributed by atoms with Gasteiger partial charge in [-0.2, -0.15) is 0 Å². The molecule has 0 aromatic carbocycles. The lowest BCUT2D eigenvalue weighted by molar-refractivity contribution is 0.190. The molecule has 0 bridgehead atoms. The molecule has 0 saturated carbocycles. The Morgan fingerprint density at radius 2 is 2.11 bits per heavy atom. The van der Waals surface area contributed by atoms with E-state index in [1.807, 2.05) is 11.8 Å². The number of nitrogens with zero attached hydrogens (tertiary/aromatic N) is 4. The number of carbonyl (C=O) groups excluding carboxylic acids is 1. The van der Waals surface area contributed by atoms with E-state index >= 15 is 0 Å². The van der Waals surface area contributed by atoms with E-state index in [-0.39, 0.29) is 12.1 Å². The number of rotatable bonds is 3. The van der Waals surface area contributed by atoms with E-state index in [1.54, 1.807) is 18.6 Å². The summed E-state index contributed by atoms with van der Waals surface area (Å²) in [4.78, 5) is 24.3. The van der Waals surface area contributed by atoms with Crippen molar-refractivity contribution in [1.29, 1.82) is 0 Å². The van der Waals surface area contributed by atoms with Crippen LogP contribution in [0.1, 0.15) is 20.3 Å². The maximum atomic E-state index is 12.0. The molecule has 1 saturated heterocycles. The number of aromatic nitrogens is 2. The van der Waals surface area contributed by atoms with Crippen molar-refractivity contribution in [1.82, 2.24) is 20.2 Å². The van der Waals surface area contributed by atoms with Crippen LogP contribution >= 0.6 is 0 Å². The molecule has 1 aliphatic rings. The Hall–Kier alpha value is -1.85. The van der Waals surface area contributed by atoms with Crippen LogP contribution in [0.2, 0.25) is 0 Å². The first-order chi connectivity index (χ1) is 9.20. The molecule has 2 heterocycles. The molecule has 6 heteroatoms. The van der Waals surface area contributed by atoms with Crippen molar-refractivity contribution in [2.45, 2.75) is 26.3 Å². The van der Waals surface area contributed by atoms with Gasteiger partial charge in [-0.1, -0.05) is 6.92 Å². The minimum Gasteiger partial charge on any atom is -0.352 e. The number of carbonyl (C=O) groups is 1. The van der Waals surface area contributed by atoms with Gasteiger partial charge in [-0.25, -0.2) is 9.78 Å². The van der Waals surface area contributed by atoms with Crippen molar-refractivity contribution in [2.24, 2.45) is 0 Å². The molecule has 2 amide bonds. The molecular formula is C13H21N5O. The van der Waals surface area contributed by atoms with Gasteiger partial charge in [0, 0.05) is 44.6 Å². The first-order valence-corrected chi connectivity index (χ1v) is 6.77. The van der Waals surface area contributed by atoms with Crippen LogP contribution in [0.3, 0.4) is 0 Å². The maximum absolute atomic E-state index is 12.0. The van der Waals surface area contributed by atoms with Crippen LogP contribution in [0.5, 0.6) is 0 Å². The zero-order chi connectivity index (χ0) is 13.7. The average molecular weight is 263 g/mol. The Bertz CT molecular complexity index is 403. The van der Waals surface area contributed by atoms with Crippen molar-refractivity contribution < 1.29 is 4.79 Å². The van der Waals surface area contributed by atoms with Crippen LogP contribution in [0.25, 0.3) is 0 Å². The highest BCUT2D eigenvalue weighted by Crippen LogP contribution is 2.11. The van der Waals surface area contributed by atoms with Crippen LogP contribution in [-0.2, 0) is 0 Å². The Morgan fingerprint density at radius 1 is 1.37 bits per heavy atom. The van der Waals surface area contributed by atoms with Gasteiger partial charge < -0.3 is 15.1 Å². The number of anilines is 1. The van der Waals surface area contributed by atoms with Gasteiger partial charge in [0.25, 0.3) is 0 Å². The molecule has 19 heavy (non-hydrogen) atoms. The fourth-order valence-electron chi connectivity index (χ4n) is 2.00. The van der Waals surface area contributed by atoms with Gasteiger partial charge in [0.15, 0.2) is 0 Å². The highest BCUT2D eigenvalue weighted by molar-refractivity contribution is 5.74. The van der Waals surface area contributed by atoms with E-state index in [0.29, 0.717) is 0 Å². The number of nitrogens with one attached hydrogen (secondary N) is 1. The highest BCUT2D eigenvalue weighted by atomic mass is 16.2. The Labute approximate surface area is 113 Å².